The van der Waals surface area contributed by atoms with Crippen molar-refractivity contribution in [2.75, 3.05) is 0 Å². The number of aryl methyl sites for hydroxylation is 1. The van der Waals surface area contributed by atoms with Crippen LogP contribution in [-0.2, 0) is 7.05 Å². The summed E-state index contributed by atoms with van der Waals surface area (Å²) in [5.74, 6) is -0.374. The minimum Gasteiger partial charge on any atom is -0.503 e. The molecule has 4 aromatic rings. The number of rotatable bonds is 3. The van der Waals surface area contributed by atoms with Crippen molar-refractivity contribution in [1.29, 1.82) is 0 Å². The van der Waals surface area contributed by atoms with E-state index in [-0.39, 0.29) is 5.75 Å². The SMILES string of the molecule is CC(O)c1cc(=O)c(O)cn1-c1cccc(-c2c#cc3cnn(C)c3c2)c1. The van der Waals surface area contributed by atoms with Crippen LogP contribution in [0.2, 0.25) is 0 Å². The molecule has 6 heteroatoms. The van der Waals surface area contributed by atoms with Gasteiger partial charge in [0.05, 0.1) is 35.1 Å². The molecule has 2 aromatic carbocycles. The fourth-order valence-corrected chi connectivity index (χ4v) is 3.08. The van der Waals surface area contributed by atoms with E-state index in [4.69, 9.17) is 0 Å². The second-order valence-corrected chi connectivity index (χ2v) is 6.42. The average Bonchev–Trinajstić information content (AvgIpc) is 3.04. The largest absolute Gasteiger partial charge is 0.503 e. The lowest BCUT2D eigenvalue weighted by Gasteiger charge is -2.16. The third kappa shape index (κ3) is 2.94. The monoisotopic (exact) mass is 359 g/mol. The predicted molar refractivity (Wildman–Crippen MR) is 102 cm³/mol. The Bertz CT molecular complexity index is 1200. The Balaban J connectivity index is 1.87. The van der Waals surface area contributed by atoms with Crippen molar-refractivity contribution in [3.05, 3.63) is 76.8 Å². The van der Waals surface area contributed by atoms with E-state index in [0.29, 0.717) is 11.4 Å². The molecule has 1 unspecified atom stereocenters. The topological polar surface area (TPSA) is 80.3 Å². The summed E-state index contributed by atoms with van der Waals surface area (Å²) in [6.45, 7) is 1.57. The molecular formula is C21H17N3O3. The minimum atomic E-state index is -0.868. The molecule has 2 heterocycles. The van der Waals surface area contributed by atoms with Crippen molar-refractivity contribution in [1.82, 2.24) is 14.3 Å². The van der Waals surface area contributed by atoms with Crippen LogP contribution in [0.25, 0.3) is 27.7 Å². The van der Waals surface area contributed by atoms with Crippen LogP contribution in [0.3, 0.4) is 0 Å². The molecule has 134 valence electrons. The van der Waals surface area contributed by atoms with E-state index in [1.54, 1.807) is 22.4 Å². The number of benzene rings is 1. The summed E-state index contributed by atoms with van der Waals surface area (Å²) < 4.78 is 3.38. The molecule has 2 aromatic heterocycles. The molecular weight excluding hydrogens is 342 g/mol. The fraction of sp³-hybridized carbons (Fsp3) is 0.143. The van der Waals surface area contributed by atoms with Crippen LogP contribution in [-0.4, -0.2) is 24.6 Å². The number of aromatic nitrogens is 3. The molecule has 0 aliphatic rings. The van der Waals surface area contributed by atoms with E-state index in [2.05, 4.69) is 17.2 Å². The Labute approximate surface area is 155 Å². The van der Waals surface area contributed by atoms with Crippen molar-refractivity contribution in [3.8, 4) is 22.6 Å². The van der Waals surface area contributed by atoms with Gasteiger partial charge in [0.25, 0.3) is 0 Å². The van der Waals surface area contributed by atoms with Crippen molar-refractivity contribution in [2.24, 2.45) is 7.05 Å². The van der Waals surface area contributed by atoms with Gasteiger partial charge >= 0.3 is 0 Å². The highest BCUT2D eigenvalue weighted by atomic mass is 16.3. The summed E-state index contributed by atoms with van der Waals surface area (Å²) >= 11 is 0. The second-order valence-electron chi connectivity index (χ2n) is 6.42. The first-order chi connectivity index (χ1) is 12.9. The highest BCUT2D eigenvalue weighted by molar-refractivity contribution is 5.82. The third-order valence-corrected chi connectivity index (χ3v) is 4.52. The Morgan fingerprint density at radius 1 is 1.19 bits per heavy atom. The maximum atomic E-state index is 11.8. The van der Waals surface area contributed by atoms with Crippen molar-refractivity contribution in [2.45, 2.75) is 13.0 Å². The van der Waals surface area contributed by atoms with E-state index in [1.807, 2.05) is 37.4 Å². The van der Waals surface area contributed by atoms with Gasteiger partial charge in [-0.1, -0.05) is 24.3 Å². The maximum absolute atomic E-state index is 11.8. The number of aliphatic hydroxyl groups excluding tert-OH is 1. The van der Waals surface area contributed by atoms with Crippen LogP contribution in [0.5, 0.6) is 5.75 Å². The zero-order valence-electron chi connectivity index (χ0n) is 14.8. The highest BCUT2D eigenvalue weighted by Crippen LogP contribution is 2.25. The Kier molecular flexibility index (Phi) is 3.94. The molecule has 0 amide bonds. The van der Waals surface area contributed by atoms with Crippen LogP contribution in [0.1, 0.15) is 18.7 Å². The van der Waals surface area contributed by atoms with Crippen LogP contribution >= 0.6 is 0 Å². The van der Waals surface area contributed by atoms with Crippen molar-refractivity contribution in [3.63, 3.8) is 0 Å². The lowest BCUT2D eigenvalue weighted by atomic mass is 10.1. The van der Waals surface area contributed by atoms with Crippen molar-refractivity contribution < 1.29 is 10.2 Å². The van der Waals surface area contributed by atoms with Gasteiger partial charge in [0.15, 0.2) is 5.75 Å². The molecule has 27 heavy (non-hydrogen) atoms. The zero-order chi connectivity index (χ0) is 19.1. The van der Waals surface area contributed by atoms with Gasteiger partial charge in [0.2, 0.25) is 5.43 Å². The fourth-order valence-electron chi connectivity index (χ4n) is 3.08. The molecule has 0 saturated carbocycles. The summed E-state index contributed by atoms with van der Waals surface area (Å²) in [5.41, 5.74) is 3.26. The minimum absolute atomic E-state index is 0.374. The summed E-state index contributed by atoms with van der Waals surface area (Å²) in [4.78, 5) is 11.8. The Morgan fingerprint density at radius 3 is 2.78 bits per heavy atom. The summed E-state index contributed by atoms with van der Waals surface area (Å²) in [6, 6.07) is 17.0. The van der Waals surface area contributed by atoms with E-state index in [9.17, 15) is 15.0 Å². The summed E-state index contributed by atoms with van der Waals surface area (Å²) in [6.07, 6.45) is 2.20. The summed E-state index contributed by atoms with van der Waals surface area (Å²) in [7, 11) is 1.87. The van der Waals surface area contributed by atoms with Crippen LogP contribution < -0.4 is 5.43 Å². The third-order valence-electron chi connectivity index (χ3n) is 4.52. The molecule has 4 rings (SSSR count). The first-order valence-electron chi connectivity index (χ1n) is 8.44. The molecule has 0 fully saturated rings. The molecule has 0 aliphatic carbocycles. The molecule has 1 atom stereocenters. The van der Waals surface area contributed by atoms with Gasteiger partial charge < -0.3 is 14.8 Å². The van der Waals surface area contributed by atoms with Gasteiger partial charge in [0.1, 0.15) is 0 Å². The molecule has 0 bridgehead atoms. The normalized spacial score (nSPS) is 12.1. The van der Waals surface area contributed by atoms with E-state index < -0.39 is 11.5 Å². The lowest BCUT2D eigenvalue weighted by Crippen LogP contribution is -2.13. The molecule has 0 aliphatic heterocycles. The number of aromatic hydroxyl groups is 1. The first-order valence-corrected chi connectivity index (χ1v) is 8.44. The smallest absolute Gasteiger partial charge is 0.223 e. The molecule has 0 radical (unpaired) electrons. The van der Waals surface area contributed by atoms with Crippen molar-refractivity contribution >= 4 is 10.9 Å². The first kappa shape index (κ1) is 16.9. The standard InChI is InChI=1S/C21H17N3O3/c1-13(25)18-10-20(26)21(27)12-24(18)17-5-3-4-14(8-17)15-6-7-16-11-22-23(2)19(16)9-15/h3-5,8-13,25,27H,1-2H3. The van der Waals surface area contributed by atoms with E-state index in [1.165, 1.54) is 12.3 Å². The number of nitrogens with zero attached hydrogens (tertiary/aromatic N) is 3. The zero-order valence-corrected chi connectivity index (χ0v) is 14.8. The van der Waals surface area contributed by atoms with Gasteiger partial charge in [-0.25, -0.2) is 0 Å². The van der Waals surface area contributed by atoms with E-state index >= 15 is 0 Å². The maximum Gasteiger partial charge on any atom is 0.223 e. The predicted octanol–water partition coefficient (Wildman–Crippen LogP) is 2.75. The number of hydrogen-bond acceptors (Lipinski definition) is 4. The second kappa shape index (κ2) is 6.31. The van der Waals surface area contributed by atoms with Gasteiger partial charge in [-0.15, -0.1) is 0 Å². The quantitative estimate of drug-likeness (QED) is 0.589. The molecule has 2 N–H and O–H groups in total. The van der Waals surface area contributed by atoms with Gasteiger partial charge in [-0.05, 0) is 30.7 Å². The van der Waals surface area contributed by atoms with Gasteiger partial charge in [-0.2, -0.15) is 5.10 Å². The number of hydrogen-bond donors (Lipinski definition) is 2. The van der Waals surface area contributed by atoms with Crippen LogP contribution in [0.15, 0.2) is 53.6 Å². The molecule has 0 spiro atoms. The van der Waals surface area contributed by atoms with Crippen LogP contribution in [0.4, 0.5) is 0 Å². The van der Waals surface area contributed by atoms with Gasteiger partial charge in [-0.3, -0.25) is 9.48 Å². The lowest BCUT2D eigenvalue weighted by molar-refractivity contribution is 0.191. The Hall–Kier alpha value is -3.56. The summed E-state index contributed by atoms with van der Waals surface area (Å²) in [5, 5.41) is 25.0. The molecule has 0 saturated heterocycles. The number of pyridine rings is 1. The Morgan fingerprint density at radius 2 is 2.00 bits per heavy atom. The van der Waals surface area contributed by atoms with E-state index in [0.717, 1.165) is 22.0 Å². The average molecular weight is 359 g/mol. The van der Waals surface area contributed by atoms with Crippen LogP contribution in [0, 0.1) is 12.1 Å². The number of aliphatic hydroxyl groups is 1. The molecule has 6 nitrogen and oxygen atoms in total. The van der Waals surface area contributed by atoms with Gasteiger partial charge in [0, 0.05) is 24.4 Å². The highest BCUT2D eigenvalue weighted by Gasteiger charge is 2.13. The number of fused-ring (bicyclic) bond motifs is 1.